The highest BCUT2D eigenvalue weighted by Gasteiger charge is 2.31. The molecule has 1 aliphatic carbocycles. The minimum Gasteiger partial charge on any atom is -0.481 e. The standard InChI is InChI=1S/C13H13N3O3/c1-19-12-8(3-2-4-14-12)7-5-9-10(6-7)15-16-11(9)13(17)18/h2-4,7H,5-6H2,1H3,(H,15,16)(H,17,18). The van der Waals surface area contributed by atoms with Crippen LogP contribution < -0.4 is 4.74 Å². The number of carbonyl (C=O) groups is 1. The van der Waals surface area contributed by atoms with Gasteiger partial charge in [-0.15, -0.1) is 0 Å². The van der Waals surface area contributed by atoms with E-state index in [-0.39, 0.29) is 11.6 Å². The first-order valence-electron chi connectivity index (χ1n) is 5.99. The monoisotopic (exact) mass is 259 g/mol. The first-order chi connectivity index (χ1) is 9.20. The highest BCUT2D eigenvalue weighted by molar-refractivity contribution is 5.87. The lowest BCUT2D eigenvalue weighted by Gasteiger charge is -2.12. The zero-order valence-electron chi connectivity index (χ0n) is 10.4. The second kappa shape index (κ2) is 4.38. The molecular formula is C13H13N3O3. The molecule has 0 spiro atoms. The van der Waals surface area contributed by atoms with Crippen LogP contribution in [0.5, 0.6) is 5.88 Å². The molecule has 1 atom stereocenters. The number of hydrogen-bond acceptors (Lipinski definition) is 4. The molecule has 6 nitrogen and oxygen atoms in total. The van der Waals surface area contributed by atoms with Crippen LogP contribution in [0.15, 0.2) is 18.3 Å². The Morgan fingerprint density at radius 3 is 3.11 bits per heavy atom. The summed E-state index contributed by atoms with van der Waals surface area (Å²) in [5.41, 5.74) is 2.82. The lowest BCUT2D eigenvalue weighted by molar-refractivity contribution is 0.0689. The number of carboxylic acids is 1. The Morgan fingerprint density at radius 2 is 2.37 bits per heavy atom. The van der Waals surface area contributed by atoms with Gasteiger partial charge in [0.1, 0.15) is 0 Å². The van der Waals surface area contributed by atoms with Crippen molar-refractivity contribution in [2.24, 2.45) is 0 Å². The number of hydrogen-bond donors (Lipinski definition) is 2. The number of H-pyrrole nitrogens is 1. The van der Waals surface area contributed by atoms with Gasteiger partial charge in [-0.25, -0.2) is 9.78 Å². The van der Waals surface area contributed by atoms with Gasteiger partial charge in [0, 0.05) is 23.0 Å². The molecule has 0 saturated heterocycles. The topological polar surface area (TPSA) is 88.1 Å². The second-order valence-corrected chi connectivity index (χ2v) is 4.54. The molecule has 0 saturated carbocycles. The fraction of sp³-hybridized carbons (Fsp3) is 0.308. The van der Waals surface area contributed by atoms with Gasteiger partial charge in [-0.3, -0.25) is 5.10 Å². The first-order valence-corrected chi connectivity index (χ1v) is 5.99. The van der Waals surface area contributed by atoms with Crippen LogP contribution in [-0.4, -0.2) is 33.4 Å². The van der Waals surface area contributed by atoms with Crippen LogP contribution in [0.25, 0.3) is 0 Å². The van der Waals surface area contributed by atoms with Crippen molar-refractivity contribution < 1.29 is 14.6 Å². The SMILES string of the molecule is COc1ncccc1C1Cc2[nH]nc(C(=O)O)c2C1. The molecule has 6 heteroatoms. The van der Waals surface area contributed by atoms with Gasteiger partial charge in [-0.2, -0.15) is 5.10 Å². The summed E-state index contributed by atoms with van der Waals surface area (Å²) < 4.78 is 5.26. The largest absolute Gasteiger partial charge is 0.481 e. The van der Waals surface area contributed by atoms with Crippen LogP contribution in [0.4, 0.5) is 0 Å². The number of rotatable bonds is 3. The number of methoxy groups -OCH3 is 1. The van der Waals surface area contributed by atoms with E-state index in [1.54, 1.807) is 13.3 Å². The van der Waals surface area contributed by atoms with E-state index >= 15 is 0 Å². The molecule has 2 aromatic heterocycles. The van der Waals surface area contributed by atoms with E-state index in [0.29, 0.717) is 12.3 Å². The van der Waals surface area contributed by atoms with Gasteiger partial charge >= 0.3 is 5.97 Å². The molecule has 0 aromatic carbocycles. The summed E-state index contributed by atoms with van der Waals surface area (Å²) in [6, 6.07) is 3.83. The minimum atomic E-state index is -0.990. The fourth-order valence-electron chi connectivity index (χ4n) is 2.64. The highest BCUT2D eigenvalue weighted by atomic mass is 16.5. The van der Waals surface area contributed by atoms with Crippen molar-refractivity contribution in [3.63, 3.8) is 0 Å². The zero-order valence-corrected chi connectivity index (χ0v) is 10.4. The van der Waals surface area contributed by atoms with Crippen molar-refractivity contribution in [3.8, 4) is 5.88 Å². The van der Waals surface area contributed by atoms with Crippen molar-refractivity contribution in [2.75, 3.05) is 7.11 Å². The van der Waals surface area contributed by atoms with E-state index in [9.17, 15) is 4.79 Å². The summed E-state index contributed by atoms with van der Waals surface area (Å²) >= 11 is 0. The Balaban J connectivity index is 1.93. The van der Waals surface area contributed by atoms with Crippen LogP contribution in [0.3, 0.4) is 0 Å². The quantitative estimate of drug-likeness (QED) is 0.869. The van der Waals surface area contributed by atoms with E-state index in [0.717, 1.165) is 23.2 Å². The van der Waals surface area contributed by atoms with E-state index in [4.69, 9.17) is 9.84 Å². The maximum atomic E-state index is 11.1. The Hall–Kier alpha value is -2.37. The Kier molecular flexibility index (Phi) is 2.70. The van der Waals surface area contributed by atoms with Crippen LogP contribution in [-0.2, 0) is 12.8 Å². The average Bonchev–Trinajstić information content (AvgIpc) is 2.97. The molecule has 2 aromatic rings. The molecule has 0 aliphatic heterocycles. The van der Waals surface area contributed by atoms with Gasteiger partial charge in [0.15, 0.2) is 5.69 Å². The third-order valence-corrected chi connectivity index (χ3v) is 3.49. The Labute approximate surface area is 109 Å². The first kappa shape index (κ1) is 11.7. The molecule has 98 valence electrons. The van der Waals surface area contributed by atoms with E-state index in [2.05, 4.69) is 15.2 Å². The minimum absolute atomic E-state index is 0.125. The summed E-state index contributed by atoms with van der Waals surface area (Å²) in [5, 5.41) is 15.7. The number of aromatic carboxylic acids is 1. The maximum absolute atomic E-state index is 11.1. The smallest absolute Gasteiger partial charge is 0.356 e. The lowest BCUT2D eigenvalue weighted by atomic mass is 9.97. The normalized spacial score (nSPS) is 17.2. The van der Waals surface area contributed by atoms with Crippen LogP contribution >= 0.6 is 0 Å². The van der Waals surface area contributed by atoms with Crippen LogP contribution in [0.1, 0.15) is 33.2 Å². The van der Waals surface area contributed by atoms with Crippen LogP contribution in [0.2, 0.25) is 0 Å². The summed E-state index contributed by atoms with van der Waals surface area (Å²) in [5.74, 6) is -0.204. The summed E-state index contributed by atoms with van der Waals surface area (Å²) in [6.07, 6.45) is 3.06. The third-order valence-electron chi connectivity index (χ3n) is 3.49. The van der Waals surface area contributed by atoms with Gasteiger partial charge in [-0.05, 0) is 24.8 Å². The average molecular weight is 259 g/mol. The van der Waals surface area contributed by atoms with Crippen molar-refractivity contribution >= 4 is 5.97 Å². The van der Waals surface area contributed by atoms with Crippen molar-refractivity contribution in [1.29, 1.82) is 0 Å². The zero-order chi connectivity index (χ0) is 13.4. The summed E-state index contributed by atoms with van der Waals surface area (Å²) in [7, 11) is 1.59. The molecule has 19 heavy (non-hydrogen) atoms. The number of ether oxygens (including phenoxy) is 1. The molecule has 1 unspecified atom stereocenters. The summed E-state index contributed by atoms with van der Waals surface area (Å²) in [6.45, 7) is 0. The van der Waals surface area contributed by atoms with Crippen LogP contribution in [0, 0.1) is 0 Å². The number of carboxylic acid groups (broad SMARTS) is 1. The van der Waals surface area contributed by atoms with Gasteiger partial charge < -0.3 is 9.84 Å². The van der Waals surface area contributed by atoms with Gasteiger partial charge in [0.25, 0.3) is 0 Å². The van der Waals surface area contributed by atoms with Crippen molar-refractivity contribution in [3.05, 3.63) is 40.8 Å². The van der Waals surface area contributed by atoms with E-state index in [1.165, 1.54) is 0 Å². The van der Waals surface area contributed by atoms with Crippen molar-refractivity contribution in [1.82, 2.24) is 15.2 Å². The lowest BCUT2D eigenvalue weighted by Crippen LogP contribution is -2.06. The highest BCUT2D eigenvalue weighted by Crippen LogP contribution is 2.37. The third kappa shape index (κ3) is 1.85. The fourth-order valence-corrected chi connectivity index (χ4v) is 2.64. The number of nitrogens with one attached hydrogen (secondary N) is 1. The van der Waals surface area contributed by atoms with Crippen molar-refractivity contribution in [2.45, 2.75) is 18.8 Å². The Bertz CT molecular complexity index is 636. The number of nitrogens with zero attached hydrogens (tertiary/aromatic N) is 2. The predicted molar refractivity (Wildman–Crippen MR) is 66.5 cm³/mol. The van der Waals surface area contributed by atoms with Gasteiger partial charge in [-0.1, -0.05) is 6.07 Å². The maximum Gasteiger partial charge on any atom is 0.356 e. The molecule has 0 fully saturated rings. The van der Waals surface area contributed by atoms with E-state index in [1.807, 2.05) is 12.1 Å². The predicted octanol–water partition coefficient (Wildman–Crippen LogP) is 1.39. The molecule has 0 radical (unpaired) electrons. The van der Waals surface area contributed by atoms with Gasteiger partial charge in [0.2, 0.25) is 5.88 Å². The number of fused-ring (bicyclic) bond motifs is 1. The molecule has 0 amide bonds. The molecular weight excluding hydrogens is 246 g/mol. The van der Waals surface area contributed by atoms with Gasteiger partial charge in [0.05, 0.1) is 7.11 Å². The van der Waals surface area contributed by atoms with E-state index < -0.39 is 5.97 Å². The molecule has 1 aliphatic rings. The second-order valence-electron chi connectivity index (χ2n) is 4.54. The number of aromatic amines is 1. The molecule has 0 bridgehead atoms. The number of pyridine rings is 1. The Morgan fingerprint density at radius 1 is 1.53 bits per heavy atom. The number of aromatic nitrogens is 3. The molecule has 3 rings (SSSR count). The molecule has 2 heterocycles. The summed E-state index contributed by atoms with van der Waals surface area (Å²) in [4.78, 5) is 15.3. The molecule has 2 N–H and O–H groups in total.